The van der Waals surface area contributed by atoms with Crippen LogP contribution in [0.15, 0.2) is 11.6 Å². The Labute approximate surface area is 74.6 Å². The number of rotatable bonds is 1. The average molecular weight is 170 g/mol. The first-order valence-corrected chi connectivity index (χ1v) is 4.50. The van der Waals surface area contributed by atoms with Gasteiger partial charge >= 0.3 is 0 Å². The lowest BCUT2D eigenvalue weighted by molar-refractivity contribution is -0.247. The molecule has 1 saturated heterocycles. The molecule has 0 spiro atoms. The van der Waals surface area contributed by atoms with Crippen LogP contribution in [-0.4, -0.2) is 19.0 Å². The largest absolute Gasteiger partial charge is 0.346 e. The van der Waals surface area contributed by atoms with Crippen molar-refractivity contribution >= 4 is 0 Å². The van der Waals surface area contributed by atoms with Gasteiger partial charge in [-0.05, 0) is 26.3 Å². The smallest absolute Gasteiger partial charge is 0.187 e. The molecule has 0 aromatic heterocycles. The fourth-order valence-corrected chi connectivity index (χ4v) is 1.18. The standard InChI is InChI=1S/C10H18O2/c1-5-9(3)10(4)11-6-8(2)7-12-10/h5,8H,6-7H2,1-4H3. The molecule has 1 rings (SSSR count). The van der Waals surface area contributed by atoms with Crippen molar-refractivity contribution in [1.82, 2.24) is 0 Å². The summed E-state index contributed by atoms with van der Waals surface area (Å²) in [6.45, 7) is 9.74. The zero-order valence-corrected chi connectivity index (χ0v) is 8.39. The SMILES string of the molecule is CC=C(C)C1(C)OCC(C)CO1. The Kier molecular flexibility index (Phi) is 2.91. The number of ether oxygens (including phenoxy) is 2. The maximum absolute atomic E-state index is 5.64. The van der Waals surface area contributed by atoms with Crippen LogP contribution in [0.2, 0.25) is 0 Å². The van der Waals surface area contributed by atoms with Crippen molar-refractivity contribution in [2.24, 2.45) is 5.92 Å². The highest BCUT2D eigenvalue weighted by Gasteiger charge is 2.32. The van der Waals surface area contributed by atoms with Crippen LogP contribution in [-0.2, 0) is 9.47 Å². The first kappa shape index (κ1) is 9.75. The highest BCUT2D eigenvalue weighted by molar-refractivity contribution is 5.08. The van der Waals surface area contributed by atoms with Crippen LogP contribution in [0.4, 0.5) is 0 Å². The Balaban J connectivity index is 2.62. The molecule has 1 aliphatic heterocycles. The number of allylic oxidation sites excluding steroid dienone is 1. The van der Waals surface area contributed by atoms with Crippen LogP contribution >= 0.6 is 0 Å². The molecule has 0 saturated carbocycles. The van der Waals surface area contributed by atoms with Gasteiger partial charge in [0, 0.05) is 5.92 Å². The summed E-state index contributed by atoms with van der Waals surface area (Å²) in [5, 5.41) is 0. The molecule has 1 aliphatic rings. The quantitative estimate of drug-likeness (QED) is 0.562. The number of hydrogen-bond acceptors (Lipinski definition) is 2. The second kappa shape index (κ2) is 3.58. The average Bonchev–Trinajstić information content (AvgIpc) is 2.09. The zero-order valence-electron chi connectivity index (χ0n) is 8.39. The number of hydrogen-bond donors (Lipinski definition) is 0. The summed E-state index contributed by atoms with van der Waals surface area (Å²) in [4.78, 5) is 0. The Morgan fingerprint density at radius 2 is 1.92 bits per heavy atom. The van der Waals surface area contributed by atoms with E-state index in [0.29, 0.717) is 5.92 Å². The fourth-order valence-electron chi connectivity index (χ4n) is 1.18. The minimum absolute atomic E-state index is 0.471. The van der Waals surface area contributed by atoms with Gasteiger partial charge in [0.2, 0.25) is 0 Å². The van der Waals surface area contributed by atoms with Crippen molar-refractivity contribution in [3.05, 3.63) is 11.6 Å². The first-order valence-electron chi connectivity index (χ1n) is 4.50. The van der Waals surface area contributed by atoms with Gasteiger partial charge in [-0.3, -0.25) is 0 Å². The van der Waals surface area contributed by atoms with Gasteiger partial charge in [-0.2, -0.15) is 0 Å². The lowest BCUT2D eigenvalue weighted by Gasteiger charge is -2.37. The normalized spacial score (nSPS) is 38.3. The lowest BCUT2D eigenvalue weighted by atomic mass is 10.1. The van der Waals surface area contributed by atoms with Crippen LogP contribution in [0.3, 0.4) is 0 Å². The molecule has 0 radical (unpaired) electrons. The molecular weight excluding hydrogens is 152 g/mol. The second-order valence-electron chi connectivity index (χ2n) is 3.64. The van der Waals surface area contributed by atoms with E-state index in [1.165, 1.54) is 0 Å². The maximum Gasteiger partial charge on any atom is 0.187 e. The van der Waals surface area contributed by atoms with Crippen molar-refractivity contribution in [3.63, 3.8) is 0 Å². The summed E-state index contributed by atoms with van der Waals surface area (Å²) >= 11 is 0. The van der Waals surface area contributed by atoms with E-state index in [0.717, 1.165) is 18.8 Å². The van der Waals surface area contributed by atoms with Crippen LogP contribution in [0, 0.1) is 5.92 Å². The maximum atomic E-state index is 5.64. The van der Waals surface area contributed by atoms with E-state index in [2.05, 4.69) is 6.92 Å². The summed E-state index contributed by atoms with van der Waals surface area (Å²) in [7, 11) is 0. The van der Waals surface area contributed by atoms with Crippen LogP contribution in [0.1, 0.15) is 27.7 Å². The van der Waals surface area contributed by atoms with Crippen molar-refractivity contribution in [1.29, 1.82) is 0 Å². The van der Waals surface area contributed by atoms with Gasteiger partial charge < -0.3 is 9.47 Å². The second-order valence-corrected chi connectivity index (χ2v) is 3.64. The lowest BCUT2D eigenvalue weighted by Crippen LogP contribution is -2.41. The summed E-state index contributed by atoms with van der Waals surface area (Å²) in [6, 6.07) is 0. The first-order chi connectivity index (χ1) is 5.58. The third-order valence-electron chi connectivity index (χ3n) is 2.44. The minimum atomic E-state index is -0.471. The van der Waals surface area contributed by atoms with E-state index in [9.17, 15) is 0 Å². The summed E-state index contributed by atoms with van der Waals surface area (Å²) < 4.78 is 11.3. The van der Waals surface area contributed by atoms with Crippen molar-refractivity contribution < 1.29 is 9.47 Å². The highest BCUT2D eigenvalue weighted by atomic mass is 16.7. The molecule has 1 fully saturated rings. The Bertz CT molecular complexity index is 176. The van der Waals surface area contributed by atoms with Gasteiger partial charge in [0.1, 0.15) is 0 Å². The van der Waals surface area contributed by atoms with Gasteiger partial charge in [0.05, 0.1) is 13.2 Å². The monoisotopic (exact) mass is 170 g/mol. The zero-order chi connectivity index (χ0) is 9.19. The topological polar surface area (TPSA) is 18.5 Å². The Hall–Kier alpha value is -0.340. The highest BCUT2D eigenvalue weighted by Crippen LogP contribution is 2.27. The predicted octanol–water partition coefficient (Wildman–Crippen LogP) is 2.35. The molecule has 70 valence electrons. The Morgan fingerprint density at radius 3 is 2.33 bits per heavy atom. The molecule has 1 heterocycles. The molecule has 2 heteroatoms. The molecule has 0 unspecified atom stereocenters. The van der Waals surface area contributed by atoms with E-state index in [1.54, 1.807) is 0 Å². The van der Waals surface area contributed by atoms with Gasteiger partial charge in [-0.25, -0.2) is 0 Å². The predicted molar refractivity (Wildman–Crippen MR) is 48.9 cm³/mol. The van der Waals surface area contributed by atoms with Crippen LogP contribution in [0.25, 0.3) is 0 Å². The molecular formula is C10H18O2. The molecule has 2 nitrogen and oxygen atoms in total. The van der Waals surface area contributed by atoms with Gasteiger partial charge in [0.25, 0.3) is 0 Å². The summed E-state index contributed by atoms with van der Waals surface area (Å²) in [5.74, 6) is 0.0454. The molecule has 0 aromatic rings. The van der Waals surface area contributed by atoms with E-state index >= 15 is 0 Å². The van der Waals surface area contributed by atoms with E-state index in [4.69, 9.17) is 9.47 Å². The van der Waals surface area contributed by atoms with Crippen LogP contribution < -0.4 is 0 Å². The van der Waals surface area contributed by atoms with Gasteiger partial charge in [-0.15, -0.1) is 0 Å². The summed E-state index contributed by atoms with van der Waals surface area (Å²) in [5.41, 5.74) is 1.15. The molecule has 0 N–H and O–H groups in total. The third-order valence-corrected chi connectivity index (χ3v) is 2.44. The van der Waals surface area contributed by atoms with Crippen molar-refractivity contribution in [3.8, 4) is 0 Å². The molecule has 0 aromatic carbocycles. The van der Waals surface area contributed by atoms with Gasteiger partial charge in [0.15, 0.2) is 5.79 Å². The van der Waals surface area contributed by atoms with E-state index in [1.807, 2.05) is 26.8 Å². The molecule has 12 heavy (non-hydrogen) atoms. The molecule has 0 atom stereocenters. The van der Waals surface area contributed by atoms with Gasteiger partial charge in [-0.1, -0.05) is 13.0 Å². The van der Waals surface area contributed by atoms with E-state index in [-0.39, 0.29) is 0 Å². The Morgan fingerprint density at radius 1 is 1.42 bits per heavy atom. The summed E-state index contributed by atoms with van der Waals surface area (Å²) in [6.07, 6.45) is 2.04. The van der Waals surface area contributed by atoms with Crippen molar-refractivity contribution in [2.45, 2.75) is 33.5 Å². The molecule has 0 amide bonds. The molecule has 0 aliphatic carbocycles. The fraction of sp³-hybridized carbons (Fsp3) is 0.800. The molecule has 0 bridgehead atoms. The van der Waals surface area contributed by atoms with Crippen LogP contribution in [0.5, 0.6) is 0 Å². The van der Waals surface area contributed by atoms with Crippen molar-refractivity contribution in [2.75, 3.05) is 13.2 Å². The van der Waals surface area contributed by atoms with E-state index < -0.39 is 5.79 Å². The third kappa shape index (κ3) is 1.87. The minimum Gasteiger partial charge on any atom is -0.346 e.